The van der Waals surface area contributed by atoms with Crippen LogP contribution in [0.4, 0.5) is 5.95 Å². The van der Waals surface area contributed by atoms with Crippen molar-refractivity contribution >= 4 is 34.1 Å². The summed E-state index contributed by atoms with van der Waals surface area (Å²) < 4.78 is 0. The fourth-order valence-corrected chi connectivity index (χ4v) is 3.04. The molecular formula is C16H11N5OS. The van der Waals surface area contributed by atoms with Crippen LogP contribution in [0.5, 0.6) is 0 Å². The fourth-order valence-electron chi connectivity index (χ4n) is 2.35. The molecule has 0 radical (unpaired) electrons. The van der Waals surface area contributed by atoms with E-state index in [2.05, 4.69) is 25.5 Å². The van der Waals surface area contributed by atoms with Gasteiger partial charge in [-0.2, -0.15) is 10.1 Å². The normalized spacial score (nSPS) is 10.8. The Kier molecular flexibility index (Phi) is 3.32. The SMILES string of the molecule is O=C(Nc1ncn[nH]1)c1cc(-c2cccs2)nc2ccccc12. The molecule has 0 unspecified atom stereocenters. The predicted octanol–water partition coefficient (Wildman–Crippen LogP) is 3.33. The first-order valence-corrected chi connectivity index (χ1v) is 7.79. The van der Waals surface area contributed by atoms with Crippen molar-refractivity contribution in [1.29, 1.82) is 0 Å². The van der Waals surface area contributed by atoms with E-state index in [0.717, 1.165) is 21.5 Å². The van der Waals surface area contributed by atoms with Gasteiger partial charge in [-0.3, -0.25) is 10.1 Å². The molecule has 0 fully saturated rings. The van der Waals surface area contributed by atoms with Crippen molar-refractivity contribution in [2.75, 3.05) is 5.32 Å². The molecule has 2 N–H and O–H groups in total. The summed E-state index contributed by atoms with van der Waals surface area (Å²) in [4.78, 5) is 22.2. The van der Waals surface area contributed by atoms with Crippen molar-refractivity contribution < 1.29 is 4.79 Å². The molecule has 1 aromatic carbocycles. The summed E-state index contributed by atoms with van der Waals surface area (Å²) in [5.41, 5.74) is 2.11. The van der Waals surface area contributed by atoms with Gasteiger partial charge in [0.1, 0.15) is 6.33 Å². The van der Waals surface area contributed by atoms with Crippen molar-refractivity contribution in [2.45, 2.75) is 0 Å². The van der Waals surface area contributed by atoms with E-state index in [1.54, 1.807) is 17.4 Å². The minimum absolute atomic E-state index is 0.252. The molecule has 3 aromatic heterocycles. The number of aromatic amines is 1. The summed E-state index contributed by atoms with van der Waals surface area (Å²) >= 11 is 1.59. The predicted molar refractivity (Wildman–Crippen MR) is 89.4 cm³/mol. The molecular weight excluding hydrogens is 310 g/mol. The zero-order chi connectivity index (χ0) is 15.6. The van der Waals surface area contributed by atoms with Gasteiger partial charge in [-0.05, 0) is 23.6 Å². The Hall–Kier alpha value is -3.06. The summed E-state index contributed by atoms with van der Waals surface area (Å²) in [6.07, 6.45) is 1.34. The van der Waals surface area contributed by atoms with Gasteiger partial charge in [-0.15, -0.1) is 11.3 Å². The van der Waals surface area contributed by atoms with E-state index in [1.807, 2.05) is 41.8 Å². The third-order valence-corrected chi connectivity index (χ3v) is 4.27. The standard InChI is InChI=1S/C16H11N5OS/c22-15(20-16-17-9-18-21-16)11-8-13(14-6-3-7-23-14)19-12-5-2-1-4-10(11)12/h1-9H,(H2,17,18,20,21,22). The van der Waals surface area contributed by atoms with Crippen LogP contribution in [0.2, 0.25) is 0 Å². The Labute approximate surface area is 135 Å². The molecule has 6 nitrogen and oxygen atoms in total. The van der Waals surface area contributed by atoms with Gasteiger partial charge in [-0.25, -0.2) is 10.1 Å². The molecule has 0 aliphatic carbocycles. The van der Waals surface area contributed by atoms with E-state index in [9.17, 15) is 4.79 Å². The number of anilines is 1. The van der Waals surface area contributed by atoms with Crippen LogP contribution in [-0.4, -0.2) is 26.1 Å². The molecule has 0 spiro atoms. The number of carbonyl (C=O) groups is 1. The highest BCUT2D eigenvalue weighted by Gasteiger charge is 2.15. The summed E-state index contributed by atoms with van der Waals surface area (Å²) in [5.74, 6) is 0.0618. The number of benzene rings is 1. The maximum atomic E-state index is 12.6. The summed E-state index contributed by atoms with van der Waals surface area (Å²) in [5, 5.41) is 11.8. The van der Waals surface area contributed by atoms with Crippen molar-refractivity contribution in [3.63, 3.8) is 0 Å². The maximum Gasteiger partial charge on any atom is 0.258 e. The summed E-state index contributed by atoms with van der Waals surface area (Å²) in [7, 11) is 0. The molecule has 7 heteroatoms. The number of amides is 1. The smallest absolute Gasteiger partial charge is 0.258 e. The summed E-state index contributed by atoms with van der Waals surface area (Å²) in [6.45, 7) is 0. The molecule has 0 bridgehead atoms. The van der Waals surface area contributed by atoms with Crippen LogP contribution in [0.25, 0.3) is 21.5 Å². The number of hydrogen-bond donors (Lipinski definition) is 2. The minimum Gasteiger partial charge on any atom is -0.291 e. The Bertz CT molecular complexity index is 963. The molecule has 0 atom stereocenters. The first-order valence-electron chi connectivity index (χ1n) is 6.91. The average Bonchev–Trinajstić information content (AvgIpc) is 3.27. The van der Waals surface area contributed by atoms with E-state index in [4.69, 9.17) is 0 Å². The third kappa shape index (κ3) is 2.58. The molecule has 0 aliphatic rings. The fraction of sp³-hybridized carbons (Fsp3) is 0. The number of carbonyl (C=O) groups excluding carboxylic acids is 1. The van der Waals surface area contributed by atoms with Crippen molar-refractivity contribution in [3.05, 3.63) is 59.7 Å². The van der Waals surface area contributed by atoms with Crippen molar-refractivity contribution in [1.82, 2.24) is 20.2 Å². The van der Waals surface area contributed by atoms with E-state index < -0.39 is 0 Å². The highest BCUT2D eigenvalue weighted by molar-refractivity contribution is 7.13. The Morgan fingerprint density at radius 2 is 2.09 bits per heavy atom. The monoisotopic (exact) mass is 321 g/mol. The molecule has 4 aromatic rings. The number of para-hydroxylation sites is 1. The number of pyridine rings is 1. The molecule has 112 valence electrons. The second-order valence-electron chi connectivity index (χ2n) is 4.84. The molecule has 4 rings (SSSR count). The van der Waals surface area contributed by atoms with E-state index in [1.165, 1.54) is 6.33 Å². The highest BCUT2D eigenvalue weighted by atomic mass is 32.1. The van der Waals surface area contributed by atoms with Gasteiger partial charge in [-0.1, -0.05) is 24.3 Å². The van der Waals surface area contributed by atoms with Gasteiger partial charge < -0.3 is 0 Å². The quantitative estimate of drug-likeness (QED) is 0.606. The Balaban J connectivity index is 1.85. The number of nitrogens with one attached hydrogen (secondary N) is 2. The van der Waals surface area contributed by atoms with Crippen LogP contribution >= 0.6 is 11.3 Å². The second-order valence-corrected chi connectivity index (χ2v) is 5.79. The largest absolute Gasteiger partial charge is 0.291 e. The molecule has 1 amide bonds. The molecule has 23 heavy (non-hydrogen) atoms. The topological polar surface area (TPSA) is 83.6 Å². The first kappa shape index (κ1) is 13.6. The molecule has 0 aliphatic heterocycles. The lowest BCUT2D eigenvalue weighted by molar-refractivity contribution is 0.102. The molecule has 0 saturated carbocycles. The Morgan fingerprint density at radius 1 is 1.17 bits per heavy atom. The van der Waals surface area contributed by atoms with Gasteiger partial charge in [0.15, 0.2) is 0 Å². The van der Waals surface area contributed by atoms with E-state index in [-0.39, 0.29) is 5.91 Å². The second kappa shape index (κ2) is 5.62. The number of fused-ring (bicyclic) bond motifs is 1. The average molecular weight is 321 g/mol. The van der Waals surface area contributed by atoms with Crippen molar-refractivity contribution in [3.8, 4) is 10.6 Å². The highest BCUT2D eigenvalue weighted by Crippen LogP contribution is 2.28. The van der Waals surface area contributed by atoms with Gasteiger partial charge in [0.05, 0.1) is 21.7 Å². The van der Waals surface area contributed by atoms with Gasteiger partial charge >= 0.3 is 0 Å². The van der Waals surface area contributed by atoms with Gasteiger partial charge in [0.25, 0.3) is 5.91 Å². The Morgan fingerprint density at radius 3 is 2.87 bits per heavy atom. The zero-order valence-electron chi connectivity index (χ0n) is 11.9. The van der Waals surface area contributed by atoms with Crippen LogP contribution in [0, 0.1) is 0 Å². The number of hydrogen-bond acceptors (Lipinski definition) is 5. The number of aromatic nitrogens is 4. The molecule has 3 heterocycles. The van der Waals surface area contributed by atoms with Crippen LogP contribution in [0.3, 0.4) is 0 Å². The molecule has 0 saturated heterocycles. The lowest BCUT2D eigenvalue weighted by Crippen LogP contribution is -2.14. The summed E-state index contributed by atoms with van der Waals surface area (Å²) in [6, 6.07) is 13.3. The minimum atomic E-state index is -0.252. The third-order valence-electron chi connectivity index (χ3n) is 3.38. The van der Waals surface area contributed by atoms with Crippen LogP contribution in [0.1, 0.15) is 10.4 Å². The number of thiophene rings is 1. The first-order chi connectivity index (χ1) is 11.3. The number of rotatable bonds is 3. The zero-order valence-corrected chi connectivity index (χ0v) is 12.7. The van der Waals surface area contributed by atoms with Gasteiger partial charge in [0, 0.05) is 5.39 Å². The number of H-pyrrole nitrogens is 1. The lowest BCUT2D eigenvalue weighted by Gasteiger charge is -2.08. The van der Waals surface area contributed by atoms with E-state index in [0.29, 0.717) is 11.5 Å². The number of nitrogens with zero attached hydrogens (tertiary/aromatic N) is 3. The van der Waals surface area contributed by atoms with Crippen LogP contribution in [0.15, 0.2) is 54.2 Å². The maximum absolute atomic E-state index is 12.6. The van der Waals surface area contributed by atoms with Crippen LogP contribution in [-0.2, 0) is 0 Å². The lowest BCUT2D eigenvalue weighted by atomic mass is 10.1. The van der Waals surface area contributed by atoms with E-state index >= 15 is 0 Å². The van der Waals surface area contributed by atoms with Gasteiger partial charge in [0.2, 0.25) is 5.95 Å². The van der Waals surface area contributed by atoms with Crippen molar-refractivity contribution in [2.24, 2.45) is 0 Å². The van der Waals surface area contributed by atoms with Crippen LogP contribution < -0.4 is 5.32 Å².